The molecule has 0 radical (unpaired) electrons. The summed E-state index contributed by atoms with van der Waals surface area (Å²) >= 11 is 0. The molecule has 3 rings (SSSR count). The van der Waals surface area contributed by atoms with Crippen molar-refractivity contribution in [2.24, 2.45) is 23.5 Å². The Bertz CT molecular complexity index is 550. The maximum Gasteiger partial charge on any atom is 0.223 e. The Hall–Kier alpha value is -1.26. The summed E-state index contributed by atoms with van der Waals surface area (Å²) in [7, 11) is 0. The van der Waals surface area contributed by atoms with Crippen LogP contribution in [-0.2, 0) is 4.79 Å². The van der Waals surface area contributed by atoms with Crippen LogP contribution < -0.4 is 15.8 Å². The van der Waals surface area contributed by atoms with E-state index in [1.165, 1.54) is 19.3 Å². The molecule has 1 aromatic carbocycles. The van der Waals surface area contributed by atoms with Crippen molar-refractivity contribution in [2.75, 3.05) is 6.54 Å². The fourth-order valence-corrected chi connectivity index (χ4v) is 4.29. The molecule has 25 heavy (non-hydrogen) atoms. The molecule has 0 spiro atoms. The predicted octanol–water partition coefficient (Wildman–Crippen LogP) is 3.54. The van der Waals surface area contributed by atoms with Gasteiger partial charge in [0.2, 0.25) is 5.91 Å². The number of carbonyl (C=O) groups is 1. The number of ether oxygens (including phenoxy) is 1. The molecule has 2 saturated carbocycles. The molecule has 2 bridgehead atoms. The molecule has 0 aliphatic heterocycles. The summed E-state index contributed by atoms with van der Waals surface area (Å²) in [4.78, 5) is 12.6. The highest BCUT2D eigenvalue weighted by molar-refractivity contribution is 5.85. The van der Waals surface area contributed by atoms with Crippen LogP contribution in [0, 0.1) is 17.8 Å². The van der Waals surface area contributed by atoms with Gasteiger partial charge in [0, 0.05) is 12.0 Å². The summed E-state index contributed by atoms with van der Waals surface area (Å²) in [5.74, 6) is 2.18. The van der Waals surface area contributed by atoms with E-state index in [1.807, 2.05) is 44.2 Å². The van der Waals surface area contributed by atoms with Gasteiger partial charge in [-0.15, -0.1) is 12.4 Å². The van der Waals surface area contributed by atoms with Crippen molar-refractivity contribution in [2.45, 2.75) is 57.6 Å². The Labute approximate surface area is 157 Å². The van der Waals surface area contributed by atoms with Gasteiger partial charge in [0.05, 0.1) is 6.54 Å². The van der Waals surface area contributed by atoms with Gasteiger partial charge in [0.15, 0.2) is 0 Å². The van der Waals surface area contributed by atoms with Crippen molar-refractivity contribution < 1.29 is 9.53 Å². The molecule has 1 amide bonds. The smallest absolute Gasteiger partial charge is 0.223 e. The van der Waals surface area contributed by atoms with E-state index in [0.717, 1.165) is 18.6 Å². The van der Waals surface area contributed by atoms with Crippen LogP contribution in [0.4, 0.5) is 0 Å². The second-order valence-corrected chi connectivity index (χ2v) is 8.09. The molecule has 2 fully saturated rings. The summed E-state index contributed by atoms with van der Waals surface area (Å²) in [6.45, 7) is 4.52. The number of hydrogen-bond acceptors (Lipinski definition) is 3. The average molecular weight is 367 g/mol. The van der Waals surface area contributed by atoms with Gasteiger partial charge in [-0.25, -0.2) is 0 Å². The van der Waals surface area contributed by atoms with Crippen LogP contribution in [0.15, 0.2) is 30.3 Å². The minimum absolute atomic E-state index is 0. The van der Waals surface area contributed by atoms with Gasteiger partial charge >= 0.3 is 0 Å². The lowest BCUT2D eigenvalue weighted by Gasteiger charge is -2.43. The van der Waals surface area contributed by atoms with Crippen molar-refractivity contribution in [1.82, 2.24) is 5.32 Å². The van der Waals surface area contributed by atoms with E-state index >= 15 is 0 Å². The number of carbonyl (C=O) groups excluding carboxylic acids is 1. The normalized spacial score (nSPS) is 28.6. The Balaban J connectivity index is 0.00000225. The summed E-state index contributed by atoms with van der Waals surface area (Å²) in [6.07, 6.45) is 5.54. The average Bonchev–Trinajstić information content (AvgIpc) is 2.53. The van der Waals surface area contributed by atoms with Crippen molar-refractivity contribution in [1.29, 1.82) is 0 Å². The number of amides is 1. The first-order valence-corrected chi connectivity index (χ1v) is 9.22. The molecule has 140 valence electrons. The van der Waals surface area contributed by atoms with E-state index in [-0.39, 0.29) is 24.2 Å². The maximum atomic E-state index is 12.6. The molecule has 5 heteroatoms. The van der Waals surface area contributed by atoms with E-state index in [2.05, 4.69) is 5.32 Å². The topological polar surface area (TPSA) is 64.4 Å². The summed E-state index contributed by atoms with van der Waals surface area (Å²) < 4.78 is 6.00. The highest BCUT2D eigenvalue weighted by Crippen LogP contribution is 2.41. The Kier molecular flexibility index (Phi) is 6.75. The number of hydrogen-bond donors (Lipinski definition) is 2. The number of fused-ring (bicyclic) bond motifs is 2. The molecule has 2 aliphatic carbocycles. The molecule has 4 nitrogen and oxygen atoms in total. The fourth-order valence-electron chi connectivity index (χ4n) is 4.29. The minimum atomic E-state index is -0.433. The molecular formula is C20H31ClN2O2. The van der Waals surface area contributed by atoms with Crippen molar-refractivity contribution in [3.63, 3.8) is 0 Å². The van der Waals surface area contributed by atoms with E-state index < -0.39 is 5.60 Å². The van der Waals surface area contributed by atoms with Crippen LogP contribution in [0.1, 0.15) is 46.0 Å². The summed E-state index contributed by atoms with van der Waals surface area (Å²) in [5, 5.41) is 3.11. The summed E-state index contributed by atoms with van der Waals surface area (Å²) in [5.41, 5.74) is 5.89. The Morgan fingerprint density at radius 3 is 2.40 bits per heavy atom. The highest BCUT2D eigenvalue weighted by Gasteiger charge is 2.40. The molecule has 2 unspecified atom stereocenters. The second-order valence-electron chi connectivity index (χ2n) is 8.09. The van der Waals surface area contributed by atoms with Gasteiger partial charge in [-0.2, -0.15) is 0 Å². The number of halogens is 1. The van der Waals surface area contributed by atoms with Crippen LogP contribution in [-0.4, -0.2) is 24.1 Å². The molecule has 0 heterocycles. The van der Waals surface area contributed by atoms with Crippen LogP contribution in [0.5, 0.6) is 5.75 Å². The third-order valence-electron chi connectivity index (χ3n) is 5.61. The van der Waals surface area contributed by atoms with Gasteiger partial charge < -0.3 is 15.8 Å². The van der Waals surface area contributed by atoms with Gasteiger partial charge in [0.25, 0.3) is 0 Å². The first kappa shape index (κ1) is 20.1. The minimum Gasteiger partial charge on any atom is -0.486 e. The lowest BCUT2D eigenvalue weighted by atomic mass is 9.65. The lowest BCUT2D eigenvalue weighted by Crippen LogP contribution is -2.50. The number of benzene rings is 1. The SMILES string of the molecule is CC(C)(CNC(=O)C1CC2CCCC(C1)C2N)Oc1ccccc1.Cl. The van der Waals surface area contributed by atoms with Crippen LogP contribution in [0.25, 0.3) is 0 Å². The highest BCUT2D eigenvalue weighted by atomic mass is 35.5. The van der Waals surface area contributed by atoms with E-state index in [4.69, 9.17) is 10.5 Å². The fraction of sp³-hybridized carbons (Fsp3) is 0.650. The number of para-hydroxylation sites is 1. The first-order valence-electron chi connectivity index (χ1n) is 9.22. The molecule has 3 N–H and O–H groups in total. The number of nitrogens with one attached hydrogen (secondary N) is 1. The third kappa shape index (κ3) is 5.11. The maximum absolute atomic E-state index is 12.6. The molecule has 0 saturated heterocycles. The van der Waals surface area contributed by atoms with Gasteiger partial charge in [-0.1, -0.05) is 24.6 Å². The largest absolute Gasteiger partial charge is 0.486 e. The Morgan fingerprint density at radius 2 is 1.80 bits per heavy atom. The van der Waals surface area contributed by atoms with Gasteiger partial charge in [-0.3, -0.25) is 4.79 Å². The quantitative estimate of drug-likeness (QED) is 0.837. The Morgan fingerprint density at radius 1 is 1.20 bits per heavy atom. The molecule has 1 aromatic rings. The number of rotatable bonds is 5. The van der Waals surface area contributed by atoms with Crippen LogP contribution >= 0.6 is 12.4 Å². The monoisotopic (exact) mass is 366 g/mol. The van der Waals surface area contributed by atoms with Crippen molar-refractivity contribution in [3.8, 4) is 5.75 Å². The molecule has 2 aliphatic rings. The zero-order chi connectivity index (χ0) is 17.2. The summed E-state index contributed by atoms with van der Waals surface area (Å²) in [6, 6.07) is 10.1. The van der Waals surface area contributed by atoms with E-state index in [0.29, 0.717) is 24.4 Å². The van der Waals surface area contributed by atoms with E-state index in [1.54, 1.807) is 0 Å². The molecule has 0 aromatic heterocycles. The zero-order valence-corrected chi connectivity index (χ0v) is 16.1. The van der Waals surface area contributed by atoms with Crippen molar-refractivity contribution >= 4 is 18.3 Å². The van der Waals surface area contributed by atoms with E-state index in [9.17, 15) is 4.79 Å². The second kappa shape index (κ2) is 8.41. The van der Waals surface area contributed by atoms with Gasteiger partial charge in [-0.05, 0) is 63.5 Å². The molecule has 2 atom stereocenters. The number of nitrogens with two attached hydrogens (primary N) is 1. The third-order valence-corrected chi connectivity index (χ3v) is 5.61. The van der Waals surface area contributed by atoms with Crippen LogP contribution in [0.3, 0.4) is 0 Å². The predicted molar refractivity (Wildman–Crippen MR) is 103 cm³/mol. The molecular weight excluding hydrogens is 336 g/mol. The lowest BCUT2D eigenvalue weighted by molar-refractivity contribution is -0.128. The zero-order valence-electron chi connectivity index (χ0n) is 15.2. The van der Waals surface area contributed by atoms with Gasteiger partial charge in [0.1, 0.15) is 11.4 Å². The first-order chi connectivity index (χ1) is 11.4. The van der Waals surface area contributed by atoms with Crippen LogP contribution in [0.2, 0.25) is 0 Å². The van der Waals surface area contributed by atoms with Crippen molar-refractivity contribution in [3.05, 3.63) is 30.3 Å². The standard InChI is InChI=1S/C20H30N2O2.ClH/c1-20(2,24-17-9-4-3-5-10-17)13-22-19(23)16-11-14-7-6-8-15(12-16)18(14)21;/h3-5,9-10,14-16,18H,6-8,11-13,21H2,1-2H3,(H,22,23);1H.